The van der Waals surface area contributed by atoms with Crippen molar-refractivity contribution in [2.75, 3.05) is 6.61 Å². The summed E-state index contributed by atoms with van der Waals surface area (Å²) in [5, 5.41) is 13.5. The van der Waals surface area contributed by atoms with Crippen LogP contribution >= 0.6 is 15.9 Å². The lowest BCUT2D eigenvalue weighted by Gasteiger charge is -2.20. The quantitative estimate of drug-likeness (QED) is 0.804. The van der Waals surface area contributed by atoms with Crippen LogP contribution in [0.1, 0.15) is 17.5 Å². The minimum atomic E-state index is -0.421. The Hall–Kier alpha value is -1.87. The van der Waals surface area contributed by atoms with E-state index in [2.05, 4.69) is 27.1 Å². The number of halogens is 2. The van der Waals surface area contributed by atoms with Crippen LogP contribution in [0.4, 0.5) is 4.39 Å². The van der Waals surface area contributed by atoms with E-state index < -0.39 is 5.82 Å². The molecule has 0 saturated carbocycles. The fourth-order valence-electron chi connectivity index (χ4n) is 2.50. The summed E-state index contributed by atoms with van der Waals surface area (Å²) >= 11 is 3.35. The van der Waals surface area contributed by atoms with Gasteiger partial charge in [-0.1, -0.05) is 0 Å². The molecule has 2 aromatic rings. The first-order valence-corrected chi connectivity index (χ1v) is 6.99. The van der Waals surface area contributed by atoms with Gasteiger partial charge in [0.2, 0.25) is 0 Å². The summed E-state index contributed by atoms with van der Waals surface area (Å²) in [6.45, 7) is 0.555. The predicted molar refractivity (Wildman–Crippen MR) is 74.8 cm³/mol. The van der Waals surface area contributed by atoms with Crippen LogP contribution in [0.2, 0.25) is 0 Å². The standard InChI is InChI=1S/C14H11BrFN3O/c1-19-13(10(15)7-18-19)12-9(6-17)14-8(5-11(12)16)3-2-4-20-14/h5,7H,2-4H2,1H3. The highest BCUT2D eigenvalue weighted by Gasteiger charge is 2.25. The molecule has 0 unspecified atom stereocenters. The predicted octanol–water partition coefficient (Wildman–Crippen LogP) is 3.19. The number of nitrogens with zero attached hydrogens (tertiary/aromatic N) is 3. The molecule has 0 aliphatic carbocycles. The van der Waals surface area contributed by atoms with Gasteiger partial charge in [-0.25, -0.2) is 4.39 Å². The Labute approximate surface area is 123 Å². The van der Waals surface area contributed by atoms with Gasteiger partial charge in [0.05, 0.1) is 28.5 Å². The van der Waals surface area contributed by atoms with Crippen molar-refractivity contribution < 1.29 is 9.13 Å². The van der Waals surface area contributed by atoms with Crippen molar-refractivity contribution in [1.82, 2.24) is 9.78 Å². The maximum absolute atomic E-state index is 14.5. The molecule has 102 valence electrons. The Bertz CT molecular complexity index is 713. The number of hydrogen-bond acceptors (Lipinski definition) is 3. The van der Waals surface area contributed by atoms with Crippen molar-refractivity contribution in [2.45, 2.75) is 12.8 Å². The average molecular weight is 336 g/mol. The van der Waals surface area contributed by atoms with E-state index in [-0.39, 0.29) is 11.1 Å². The Morgan fingerprint density at radius 1 is 1.55 bits per heavy atom. The summed E-state index contributed by atoms with van der Waals surface area (Å²) in [6.07, 6.45) is 3.15. The molecule has 0 N–H and O–H groups in total. The van der Waals surface area contributed by atoms with E-state index >= 15 is 0 Å². The van der Waals surface area contributed by atoms with Crippen molar-refractivity contribution in [3.63, 3.8) is 0 Å². The van der Waals surface area contributed by atoms with Gasteiger partial charge in [-0.05, 0) is 40.4 Å². The molecular formula is C14H11BrFN3O. The highest BCUT2D eigenvalue weighted by Crippen LogP contribution is 2.40. The van der Waals surface area contributed by atoms with Crippen LogP contribution in [0.3, 0.4) is 0 Å². The van der Waals surface area contributed by atoms with Gasteiger partial charge in [0.25, 0.3) is 0 Å². The SMILES string of the molecule is Cn1ncc(Br)c1-c1c(F)cc2c(c1C#N)OCCC2. The van der Waals surface area contributed by atoms with Crippen LogP contribution in [0.15, 0.2) is 16.7 Å². The second-order valence-electron chi connectivity index (χ2n) is 4.63. The van der Waals surface area contributed by atoms with E-state index in [0.717, 1.165) is 18.4 Å². The number of ether oxygens (including phenoxy) is 1. The van der Waals surface area contributed by atoms with Gasteiger partial charge < -0.3 is 4.74 Å². The van der Waals surface area contributed by atoms with Gasteiger partial charge in [-0.15, -0.1) is 0 Å². The second-order valence-corrected chi connectivity index (χ2v) is 5.48. The smallest absolute Gasteiger partial charge is 0.141 e. The van der Waals surface area contributed by atoms with Gasteiger partial charge in [-0.2, -0.15) is 10.4 Å². The highest BCUT2D eigenvalue weighted by molar-refractivity contribution is 9.10. The average Bonchev–Trinajstić information content (AvgIpc) is 2.77. The molecule has 0 radical (unpaired) electrons. The number of hydrogen-bond donors (Lipinski definition) is 0. The molecule has 1 aromatic carbocycles. The maximum atomic E-state index is 14.5. The molecule has 6 heteroatoms. The Morgan fingerprint density at radius 2 is 2.35 bits per heavy atom. The summed E-state index contributed by atoms with van der Waals surface area (Å²) in [5.41, 5.74) is 1.77. The molecule has 3 rings (SSSR count). The Balaban J connectivity index is 2.34. The normalized spacial score (nSPS) is 13.5. The number of aromatic nitrogens is 2. The van der Waals surface area contributed by atoms with Crippen LogP contribution in [0.5, 0.6) is 5.75 Å². The minimum absolute atomic E-state index is 0.236. The van der Waals surface area contributed by atoms with Gasteiger partial charge >= 0.3 is 0 Å². The van der Waals surface area contributed by atoms with E-state index in [4.69, 9.17) is 4.74 Å². The summed E-state index contributed by atoms with van der Waals surface area (Å²) in [4.78, 5) is 0. The summed E-state index contributed by atoms with van der Waals surface area (Å²) in [5.74, 6) is 0.0818. The van der Waals surface area contributed by atoms with Crippen LogP contribution in [0.25, 0.3) is 11.3 Å². The number of aryl methyl sites for hydroxylation is 2. The lowest BCUT2D eigenvalue weighted by atomic mass is 9.96. The molecule has 0 amide bonds. The first-order valence-electron chi connectivity index (χ1n) is 6.19. The third kappa shape index (κ3) is 1.90. The van der Waals surface area contributed by atoms with Gasteiger partial charge in [-0.3, -0.25) is 4.68 Å². The van der Waals surface area contributed by atoms with Gasteiger partial charge in [0.15, 0.2) is 0 Å². The second kappa shape index (κ2) is 4.91. The number of nitriles is 1. The van der Waals surface area contributed by atoms with Crippen LogP contribution < -0.4 is 4.74 Å². The van der Waals surface area contributed by atoms with Crippen molar-refractivity contribution >= 4 is 15.9 Å². The molecule has 0 atom stereocenters. The zero-order valence-corrected chi connectivity index (χ0v) is 12.4. The lowest BCUT2D eigenvalue weighted by Crippen LogP contribution is -2.12. The largest absolute Gasteiger partial charge is 0.492 e. The molecule has 0 fully saturated rings. The fourth-order valence-corrected chi connectivity index (χ4v) is 3.05. The minimum Gasteiger partial charge on any atom is -0.492 e. The van der Waals surface area contributed by atoms with Gasteiger partial charge in [0, 0.05) is 7.05 Å². The van der Waals surface area contributed by atoms with E-state index in [1.54, 1.807) is 17.9 Å². The van der Waals surface area contributed by atoms with E-state index in [0.29, 0.717) is 22.5 Å². The summed E-state index contributed by atoms with van der Waals surface area (Å²) in [7, 11) is 1.71. The number of benzene rings is 1. The number of fused-ring (bicyclic) bond motifs is 1. The Morgan fingerprint density at radius 3 is 3.00 bits per heavy atom. The van der Waals surface area contributed by atoms with Crippen molar-refractivity contribution in [3.8, 4) is 23.1 Å². The third-order valence-electron chi connectivity index (χ3n) is 3.39. The fraction of sp³-hybridized carbons (Fsp3) is 0.286. The first-order chi connectivity index (χ1) is 9.63. The molecule has 4 nitrogen and oxygen atoms in total. The summed E-state index contributed by atoms with van der Waals surface area (Å²) < 4.78 is 22.2. The number of rotatable bonds is 1. The van der Waals surface area contributed by atoms with E-state index in [1.807, 2.05) is 0 Å². The molecule has 1 aromatic heterocycles. The molecule has 1 aliphatic heterocycles. The van der Waals surface area contributed by atoms with Crippen LogP contribution in [0, 0.1) is 17.1 Å². The van der Waals surface area contributed by atoms with Crippen LogP contribution in [-0.4, -0.2) is 16.4 Å². The van der Waals surface area contributed by atoms with Crippen molar-refractivity contribution in [1.29, 1.82) is 5.26 Å². The van der Waals surface area contributed by atoms with Crippen molar-refractivity contribution in [3.05, 3.63) is 33.7 Å². The first kappa shape index (κ1) is 13.1. The topological polar surface area (TPSA) is 50.8 Å². The molecule has 0 saturated heterocycles. The highest BCUT2D eigenvalue weighted by atomic mass is 79.9. The molecular weight excluding hydrogens is 325 g/mol. The van der Waals surface area contributed by atoms with Crippen molar-refractivity contribution in [2.24, 2.45) is 7.05 Å². The molecule has 0 spiro atoms. The molecule has 0 bridgehead atoms. The monoisotopic (exact) mass is 335 g/mol. The lowest BCUT2D eigenvalue weighted by molar-refractivity contribution is 0.287. The van der Waals surface area contributed by atoms with Crippen LogP contribution in [-0.2, 0) is 13.5 Å². The molecule has 1 aliphatic rings. The maximum Gasteiger partial charge on any atom is 0.141 e. The third-order valence-corrected chi connectivity index (χ3v) is 3.97. The zero-order valence-electron chi connectivity index (χ0n) is 10.8. The zero-order chi connectivity index (χ0) is 14.3. The van der Waals surface area contributed by atoms with Gasteiger partial charge in [0.1, 0.15) is 23.2 Å². The molecule has 2 heterocycles. The van der Waals surface area contributed by atoms with E-state index in [9.17, 15) is 9.65 Å². The summed E-state index contributed by atoms with van der Waals surface area (Å²) in [6, 6.07) is 3.54. The Kier molecular flexibility index (Phi) is 3.22. The van der Waals surface area contributed by atoms with E-state index in [1.165, 1.54) is 6.07 Å². The molecule has 20 heavy (non-hydrogen) atoms.